The zero-order chi connectivity index (χ0) is 9.26. The molecule has 0 saturated carbocycles. The molecule has 0 fully saturated rings. The van der Waals surface area contributed by atoms with Crippen LogP contribution in [0.3, 0.4) is 0 Å². The molecule has 0 saturated heterocycles. The Labute approximate surface area is 80.7 Å². The number of aromatic nitrogens is 1. The smallest absolute Gasteiger partial charge is 0.252 e. The number of fused-ring (bicyclic) bond motifs is 1. The Morgan fingerprint density at radius 1 is 1.62 bits per heavy atom. The first-order chi connectivity index (χ1) is 6.31. The van der Waals surface area contributed by atoms with Gasteiger partial charge in [0.2, 0.25) is 0 Å². The summed E-state index contributed by atoms with van der Waals surface area (Å²) in [5.74, 6) is 2.07. The first-order valence-electron chi connectivity index (χ1n) is 4.33. The maximum atomic E-state index is 11.4. The van der Waals surface area contributed by atoms with Gasteiger partial charge in [-0.05, 0) is 23.8 Å². The van der Waals surface area contributed by atoms with E-state index < -0.39 is 0 Å². The van der Waals surface area contributed by atoms with Gasteiger partial charge in [-0.25, -0.2) is 0 Å². The third kappa shape index (κ3) is 1.64. The van der Waals surface area contributed by atoms with Gasteiger partial charge in [0, 0.05) is 23.6 Å². The van der Waals surface area contributed by atoms with E-state index in [4.69, 9.17) is 5.73 Å². The van der Waals surface area contributed by atoms with E-state index in [1.807, 2.05) is 17.8 Å². The molecule has 0 radical (unpaired) electrons. The fourth-order valence-corrected chi connectivity index (χ4v) is 2.49. The van der Waals surface area contributed by atoms with Crippen LogP contribution in [0.4, 0.5) is 0 Å². The number of hydrogen-bond acceptors (Lipinski definition) is 3. The van der Waals surface area contributed by atoms with Crippen LogP contribution in [-0.4, -0.2) is 10.7 Å². The monoisotopic (exact) mass is 196 g/mol. The van der Waals surface area contributed by atoms with Gasteiger partial charge < -0.3 is 10.7 Å². The van der Waals surface area contributed by atoms with Gasteiger partial charge in [0.25, 0.3) is 5.56 Å². The Morgan fingerprint density at radius 3 is 3.23 bits per heavy atom. The quantitative estimate of drug-likeness (QED) is 0.692. The minimum Gasteiger partial charge on any atom is -0.326 e. The van der Waals surface area contributed by atoms with Crippen molar-refractivity contribution in [1.82, 2.24) is 4.98 Å². The summed E-state index contributed by atoms with van der Waals surface area (Å²) in [5, 5.41) is 0. The van der Waals surface area contributed by atoms with Gasteiger partial charge in [-0.3, -0.25) is 4.79 Å². The van der Waals surface area contributed by atoms with Crippen molar-refractivity contribution >= 4 is 11.8 Å². The highest BCUT2D eigenvalue weighted by atomic mass is 32.2. The number of nitrogens with two attached hydrogens (primary N) is 1. The van der Waals surface area contributed by atoms with Gasteiger partial charge in [-0.15, -0.1) is 0 Å². The minimum absolute atomic E-state index is 0.0243. The number of pyridine rings is 1. The largest absolute Gasteiger partial charge is 0.326 e. The molecule has 1 aromatic rings. The van der Waals surface area contributed by atoms with Crippen LogP contribution >= 0.6 is 11.8 Å². The van der Waals surface area contributed by atoms with E-state index in [2.05, 4.69) is 4.98 Å². The molecule has 3 N–H and O–H groups in total. The standard InChI is InChI=1S/C9H12N2OS/c10-4-7-3-6-1-2-13-5-8(6)11-9(7)12/h3H,1-2,4-5,10H2,(H,11,12). The van der Waals surface area contributed by atoms with Crippen LogP contribution in [0.25, 0.3) is 0 Å². The number of nitrogens with one attached hydrogen (secondary N) is 1. The molecule has 0 bridgehead atoms. The molecule has 0 aliphatic carbocycles. The van der Waals surface area contributed by atoms with Crippen molar-refractivity contribution < 1.29 is 0 Å². The molecule has 70 valence electrons. The molecular formula is C9H12N2OS. The Kier molecular flexibility index (Phi) is 2.42. The Hall–Kier alpha value is -0.740. The predicted molar refractivity (Wildman–Crippen MR) is 54.8 cm³/mol. The molecule has 0 unspecified atom stereocenters. The van der Waals surface area contributed by atoms with E-state index in [0.717, 1.165) is 23.6 Å². The second kappa shape index (κ2) is 3.55. The third-order valence-corrected chi connectivity index (χ3v) is 3.26. The first kappa shape index (κ1) is 8.84. The van der Waals surface area contributed by atoms with Gasteiger partial charge in [0.05, 0.1) is 0 Å². The molecule has 1 aliphatic heterocycles. The van der Waals surface area contributed by atoms with Crippen molar-refractivity contribution in [2.75, 3.05) is 5.75 Å². The predicted octanol–water partition coefficient (Wildman–Crippen LogP) is 0.623. The summed E-state index contributed by atoms with van der Waals surface area (Å²) < 4.78 is 0. The summed E-state index contributed by atoms with van der Waals surface area (Å²) in [7, 11) is 0. The van der Waals surface area contributed by atoms with Crippen LogP contribution in [0, 0.1) is 0 Å². The van der Waals surface area contributed by atoms with Gasteiger partial charge in [0.1, 0.15) is 0 Å². The third-order valence-electron chi connectivity index (χ3n) is 2.27. The summed E-state index contributed by atoms with van der Waals surface area (Å²) in [6, 6.07) is 1.95. The van der Waals surface area contributed by atoms with Crippen molar-refractivity contribution in [3.8, 4) is 0 Å². The highest BCUT2D eigenvalue weighted by molar-refractivity contribution is 7.98. The molecule has 13 heavy (non-hydrogen) atoms. The van der Waals surface area contributed by atoms with Crippen LogP contribution in [0.15, 0.2) is 10.9 Å². The van der Waals surface area contributed by atoms with E-state index >= 15 is 0 Å². The fourth-order valence-electron chi connectivity index (χ4n) is 1.52. The number of H-pyrrole nitrogens is 1. The van der Waals surface area contributed by atoms with Crippen molar-refractivity contribution in [3.05, 3.63) is 33.2 Å². The topological polar surface area (TPSA) is 58.9 Å². The van der Waals surface area contributed by atoms with Crippen molar-refractivity contribution in [2.24, 2.45) is 5.73 Å². The SMILES string of the molecule is NCc1cc2c([nH]c1=O)CSCC2. The fraction of sp³-hybridized carbons (Fsp3) is 0.444. The second-order valence-corrected chi connectivity index (χ2v) is 4.24. The molecule has 1 aromatic heterocycles. The molecule has 0 amide bonds. The van der Waals surface area contributed by atoms with E-state index in [1.165, 1.54) is 5.56 Å². The summed E-state index contributed by atoms with van der Waals surface area (Å²) in [5.41, 5.74) is 8.48. The van der Waals surface area contributed by atoms with E-state index in [1.54, 1.807) is 0 Å². The van der Waals surface area contributed by atoms with Crippen molar-refractivity contribution in [3.63, 3.8) is 0 Å². The average molecular weight is 196 g/mol. The first-order valence-corrected chi connectivity index (χ1v) is 5.48. The molecular weight excluding hydrogens is 184 g/mol. The lowest BCUT2D eigenvalue weighted by molar-refractivity contribution is 0.940. The van der Waals surface area contributed by atoms with E-state index in [9.17, 15) is 4.79 Å². The van der Waals surface area contributed by atoms with Gasteiger partial charge in [-0.2, -0.15) is 11.8 Å². The number of aromatic amines is 1. The van der Waals surface area contributed by atoms with Crippen LogP contribution in [0.2, 0.25) is 0 Å². The second-order valence-electron chi connectivity index (χ2n) is 3.13. The number of hydrogen-bond donors (Lipinski definition) is 2. The van der Waals surface area contributed by atoms with Crippen molar-refractivity contribution in [1.29, 1.82) is 0 Å². The average Bonchev–Trinajstić information content (AvgIpc) is 2.17. The summed E-state index contributed by atoms with van der Waals surface area (Å²) >= 11 is 1.86. The molecule has 4 heteroatoms. The van der Waals surface area contributed by atoms with Crippen molar-refractivity contribution in [2.45, 2.75) is 18.7 Å². The van der Waals surface area contributed by atoms with E-state index in [-0.39, 0.29) is 5.56 Å². The highest BCUT2D eigenvalue weighted by Crippen LogP contribution is 2.21. The zero-order valence-electron chi connectivity index (χ0n) is 7.30. The number of rotatable bonds is 1. The Bertz CT molecular complexity index is 372. The maximum Gasteiger partial charge on any atom is 0.252 e. The molecule has 0 aromatic carbocycles. The molecule has 0 spiro atoms. The number of aryl methyl sites for hydroxylation is 1. The van der Waals surface area contributed by atoms with Crippen LogP contribution in [-0.2, 0) is 18.7 Å². The van der Waals surface area contributed by atoms with Gasteiger partial charge in [-0.1, -0.05) is 0 Å². The van der Waals surface area contributed by atoms with Crippen LogP contribution in [0.5, 0.6) is 0 Å². The highest BCUT2D eigenvalue weighted by Gasteiger charge is 2.11. The Morgan fingerprint density at radius 2 is 2.46 bits per heavy atom. The lowest BCUT2D eigenvalue weighted by Gasteiger charge is -2.15. The maximum absolute atomic E-state index is 11.4. The van der Waals surface area contributed by atoms with Gasteiger partial charge in [0.15, 0.2) is 0 Å². The molecule has 2 heterocycles. The lowest BCUT2D eigenvalue weighted by atomic mass is 10.1. The minimum atomic E-state index is -0.0243. The van der Waals surface area contributed by atoms with Gasteiger partial charge >= 0.3 is 0 Å². The summed E-state index contributed by atoms with van der Waals surface area (Å²) in [4.78, 5) is 14.3. The normalized spacial score (nSPS) is 15.5. The molecule has 1 aliphatic rings. The Balaban J connectivity index is 2.51. The summed E-state index contributed by atoms with van der Waals surface area (Å²) in [6.45, 7) is 0.329. The molecule has 0 atom stereocenters. The van der Waals surface area contributed by atoms with Crippen LogP contribution in [0.1, 0.15) is 16.8 Å². The van der Waals surface area contributed by atoms with Crippen LogP contribution < -0.4 is 11.3 Å². The lowest BCUT2D eigenvalue weighted by Crippen LogP contribution is -2.20. The molecule has 2 rings (SSSR count). The zero-order valence-corrected chi connectivity index (χ0v) is 8.12. The van der Waals surface area contributed by atoms with E-state index in [0.29, 0.717) is 12.1 Å². The summed E-state index contributed by atoms with van der Waals surface area (Å²) in [6.07, 6.45) is 1.05. The molecule has 3 nitrogen and oxygen atoms in total. The number of thioether (sulfide) groups is 1.